The number of benzene rings is 2. The second-order valence-electron chi connectivity index (χ2n) is 5.52. The van der Waals surface area contributed by atoms with Crippen molar-refractivity contribution in [3.63, 3.8) is 0 Å². The van der Waals surface area contributed by atoms with Gasteiger partial charge in [0, 0.05) is 0 Å². The van der Waals surface area contributed by atoms with Gasteiger partial charge < -0.3 is 10.1 Å². The van der Waals surface area contributed by atoms with E-state index in [0.717, 1.165) is 12.0 Å². The molecule has 4 heteroatoms. The van der Waals surface area contributed by atoms with E-state index in [2.05, 4.69) is 24.4 Å². The average Bonchev–Trinajstić information content (AvgIpc) is 2.56. The van der Waals surface area contributed by atoms with Gasteiger partial charge >= 0.3 is 0 Å². The van der Waals surface area contributed by atoms with E-state index in [1.54, 1.807) is 19.1 Å². The van der Waals surface area contributed by atoms with Crippen LogP contribution in [0.15, 0.2) is 48.5 Å². The number of ether oxygens (including phenoxy) is 1. The molecule has 1 N–H and O–H groups in total. The van der Waals surface area contributed by atoms with Gasteiger partial charge in [0.1, 0.15) is 5.75 Å². The monoisotopic (exact) mass is 331 g/mol. The lowest BCUT2D eigenvalue weighted by molar-refractivity contribution is -0.127. The van der Waals surface area contributed by atoms with Gasteiger partial charge in [-0.1, -0.05) is 54.9 Å². The number of nitrogens with one attached hydrogen (secondary N) is 1. The quantitative estimate of drug-likeness (QED) is 0.843. The van der Waals surface area contributed by atoms with Gasteiger partial charge in [-0.3, -0.25) is 4.79 Å². The standard InChI is InChI=1S/C19H22ClNO2/c1-4-15-9-11-16(12-10-15)13(2)21-19(22)14(3)23-18-8-6-5-7-17(18)20/h5-14H,4H2,1-3H3,(H,21,22)/t13-,14-/m1/s1. The minimum absolute atomic E-state index is 0.0781. The summed E-state index contributed by atoms with van der Waals surface area (Å²) in [5.74, 6) is 0.341. The summed E-state index contributed by atoms with van der Waals surface area (Å²) < 4.78 is 5.64. The molecule has 2 rings (SSSR count). The van der Waals surface area contributed by atoms with Crippen LogP contribution in [0.2, 0.25) is 5.02 Å². The van der Waals surface area contributed by atoms with Crippen molar-refractivity contribution in [2.24, 2.45) is 0 Å². The van der Waals surface area contributed by atoms with Crippen molar-refractivity contribution >= 4 is 17.5 Å². The van der Waals surface area contributed by atoms with E-state index < -0.39 is 6.10 Å². The lowest BCUT2D eigenvalue weighted by Gasteiger charge is -2.19. The summed E-state index contributed by atoms with van der Waals surface area (Å²) in [4.78, 5) is 12.3. The zero-order valence-corrected chi connectivity index (χ0v) is 14.4. The fraction of sp³-hybridized carbons (Fsp3) is 0.316. The summed E-state index contributed by atoms with van der Waals surface area (Å²) in [5.41, 5.74) is 2.35. The Balaban J connectivity index is 1.95. The molecular weight excluding hydrogens is 310 g/mol. The summed E-state index contributed by atoms with van der Waals surface area (Å²) in [6, 6.07) is 15.3. The first kappa shape index (κ1) is 17.4. The van der Waals surface area contributed by atoms with Gasteiger partial charge in [-0.05, 0) is 43.5 Å². The van der Waals surface area contributed by atoms with Crippen molar-refractivity contribution in [2.75, 3.05) is 0 Å². The smallest absolute Gasteiger partial charge is 0.261 e. The molecule has 0 radical (unpaired) electrons. The number of carbonyl (C=O) groups is 1. The van der Waals surface area contributed by atoms with Crippen molar-refractivity contribution in [1.29, 1.82) is 0 Å². The van der Waals surface area contributed by atoms with Crippen LogP contribution in [0.3, 0.4) is 0 Å². The highest BCUT2D eigenvalue weighted by atomic mass is 35.5. The fourth-order valence-corrected chi connectivity index (χ4v) is 2.42. The van der Waals surface area contributed by atoms with E-state index in [1.807, 2.05) is 31.2 Å². The predicted molar refractivity (Wildman–Crippen MR) is 93.9 cm³/mol. The number of amides is 1. The largest absolute Gasteiger partial charge is 0.479 e. The number of hydrogen-bond donors (Lipinski definition) is 1. The molecule has 1 amide bonds. The number of rotatable bonds is 6. The summed E-state index contributed by atoms with van der Waals surface area (Å²) in [5, 5.41) is 3.46. The van der Waals surface area contributed by atoms with Crippen molar-refractivity contribution in [3.8, 4) is 5.75 Å². The third-order valence-corrected chi connectivity index (χ3v) is 4.07. The Hall–Kier alpha value is -2.00. The highest BCUT2D eigenvalue weighted by Crippen LogP contribution is 2.24. The summed E-state index contributed by atoms with van der Waals surface area (Å²) in [7, 11) is 0. The van der Waals surface area contributed by atoms with E-state index in [0.29, 0.717) is 10.8 Å². The Morgan fingerprint density at radius 3 is 2.39 bits per heavy atom. The van der Waals surface area contributed by atoms with Crippen LogP contribution in [0.5, 0.6) is 5.75 Å². The SMILES string of the molecule is CCc1ccc([C@@H](C)NC(=O)[C@@H](C)Oc2ccccc2Cl)cc1. The molecule has 3 nitrogen and oxygen atoms in total. The lowest BCUT2D eigenvalue weighted by Crippen LogP contribution is -2.37. The molecule has 23 heavy (non-hydrogen) atoms. The predicted octanol–water partition coefficient (Wildman–Crippen LogP) is 4.55. The third-order valence-electron chi connectivity index (χ3n) is 3.76. The molecule has 0 saturated carbocycles. The second kappa shape index (κ2) is 8.02. The maximum atomic E-state index is 12.3. The van der Waals surface area contributed by atoms with Crippen molar-refractivity contribution in [1.82, 2.24) is 5.32 Å². The minimum atomic E-state index is -0.618. The molecule has 0 aliphatic carbocycles. The Labute approximate surface area is 142 Å². The number of halogens is 1. The van der Waals surface area contributed by atoms with E-state index in [9.17, 15) is 4.79 Å². The second-order valence-corrected chi connectivity index (χ2v) is 5.92. The van der Waals surface area contributed by atoms with E-state index in [1.165, 1.54) is 5.56 Å². The number of hydrogen-bond acceptors (Lipinski definition) is 2. The van der Waals surface area contributed by atoms with Gasteiger partial charge in [0.2, 0.25) is 0 Å². The Bertz CT molecular complexity index is 655. The molecule has 2 atom stereocenters. The van der Waals surface area contributed by atoms with Crippen LogP contribution in [0, 0.1) is 0 Å². The first-order chi connectivity index (χ1) is 11.0. The van der Waals surface area contributed by atoms with E-state index in [4.69, 9.17) is 16.3 Å². The summed E-state index contributed by atoms with van der Waals surface area (Å²) >= 11 is 6.05. The fourth-order valence-electron chi connectivity index (χ4n) is 2.24. The first-order valence-corrected chi connectivity index (χ1v) is 8.19. The minimum Gasteiger partial charge on any atom is -0.479 e. The maximum Gasteiger partial charge on any atom is 0.261 e. The highest BCUT2D eigenvalue weighted by molar-refractivity contribution is 6.32. The molecule has 0 spiro atoms. The number of carbonyl (C=O) groups excluding carboxylic acids is 1. The van der Waals surface area contributed by atoms with Crippen LogP contribution in [-0.2, 0) is 11.2 Å². The van der Waals surface area contributed by atoms with Crippen molar-refractivity contribution in [2.45, 2.75) is 39.3 Å². The molecular formula is C19H22ClNO2. The molecule has 0 saturated heterocycles. The zero-order chi connectivity index (χ0) is 16.8. The summed E-state index contributed by atoms with van der Waals surface area (Å²) in [6.07, 6.45) is 0.385. The summed E-state index contributed by atoms with van der Waals surface area (Å²) in [6.45, 7) is 5.79. The molecule has 0 heterocycles. The van der Waals surface area contributed by atoms with Gasteiger partial charge in [0.15, 0.2) is 6.10 Å². The molecule has 0 aliphatic rings. The van der Waals surface area contributed by atoms with Crippen LogP contribution in [-0.4, -0.2) is 12.0 Å². The molecule has 2 aromatic rings. The normalized spacial score (nSPS) is 13.2. The van der Waals surface area contributed by atoms with Gasteiger partial charge in [-0.2, -0.15) is 0 Å². The van der Waals surface area contributed by atoms with E-state index in [-0.39, 0.29) is 11.9 Å². The topological polar surface area (TPSA) is 38.3 Å². The molecule has 122 valence electrons. The zero-order valence-electron chi connectivity index (χ0n) is 13.7. The van der Waals surface area contributed by atoms with Crippen molar-refractivity contribution < 1.29 is 9.53 Å². The molecule has 0 fully saturated rings. The van der Waals surface area contributed by atoms with Crippen LogP contribution in [0.1, 0.15) is 37.9 Å². The number of para-hydroxylation sites is 1. The van der Waals surface area contributed by atoms with Gasteiger partial charge in [0.25, 0.3) is 5.91 Å². The van der Waals surface area contributed by atoms with Crippen LogP contribution in [0.4, 0.5) is 0 Å². The average molecular weight is 332 g/mol. The Kier molecular flexibility index (Phi) is 6.05. The van der Waals surface area contributed by atoms with Gasteiger partial charge in [-0.25, -0.2) is 0 Å². The molecule has 2 aromatic carbocycles. The van der Waals surface area contributed by atoms with E-state index >= 15 is 0 Å². The van der Waals surface area contributed by atoms with Gasteiger partial charge in [-0.15, -0.1) is 0 Å². The van der Waals surface area contributed by atoms with Crippen LogP contribution < -0.4 is 10.1 Å². The Morgan fingerprint density at radius 2 is 1.78 bits per heavy atom. The highest BCUT2D eigenvalue weighted by Gasteiger charge is 2.18. The van der Waals surface area contributed by atoms with Crippen LogP contribution >= 0.6 is 11.6 Å². The first-order valence-electron chi connectivity index (χ1n) is 7.81. The lowest BCUT2D eigenvalue weighted by atomic mass is 10.0. The van der Waals surface area contributed by atoms with Gasteiger partial charge in [0.05, 0.1) is 11.1 Å². The molecule has 0 aliphatic heterocycles. The molecule has 0 unspecified atom stereocenters. The van der Waals surface area contributed by atoms with Crippen LogP contribution in [0.25, 0.3) is 0 Å². The third kappa shape index (κ3) is 4.73. The number of aryl methyl sites for hydroxylation is 1. The molecule has 0 bridgehead atoms. The Morgan fingerprint density at radius 1 is 1.13 bits per heavy atom. The van der Waals surface area contributed by atoms with Crippen molar-refractivity contribution in [3.05, 3.63) is 64.7 Å². The molecule has 0 aromatic heterocycles. The maximum absolute atomic E-state index is 12.3.